The summed E-state index contributed by atoms with van der Waals surface area (Å²) in [5.41, 5.74) is 1.68. The van der Waals surface area contributed by atoms with Gasteiger partial charge in [-0.2, -0.15) is 0 Å². The van der Waals surface area contributed by atoms with Crippen molar-refractivity contribution in [2.75, 3.05) is 32.0 Å². The van der Waals surface area contributed by atoms with E-state index in [0.717, 1.165) is 50.1 Å². The highest BCUT2D eigenvalue weighted by atomic mass is 16.1. The summed E-state index contributed by atoms with van der Waals surface area (Å²) in [5.74, 6) is 0.0405. The van der Waals surface area contributed by atoms with E-state index >= 15 is 0 Å². The number of rotatable bonds is 5. The highest BCUT2D eigenvalue weighted by molar-refractivity contribution is 5.99. The Kier molecular flexibility index (Phi) is 5.41. The van der Waals surface area contributed by atoms with E-state index in [0.29, 0.717) is 6.04 Å². The molecule has 1 aliphatic rings. The molecule has 0 aliphatic carbocycles. The van der Waals surface area contributed by atoms with Gasteiger partial charge in [-0.3, -0.25) is 4.79 Å². The average Bonchev–Trinajstić information content (AvgIpc) is 2.47. The molecule has 0 bridgehead atoms. The third-order valence-corrected chi connectivity index (χ3v) is 3.79. The summed E-state index contributed by atoms with van der Waals surface area (Å²) in [6.07, 6.45) is 3.12. The Bertz CT molecular complexity index is 439. The summed E-state index contributed by atoms with van der Waals surface area (Å²) >= 11 is 0. The van der Waals surface area contributed by atoms with Crippen LogP contribution in [0.1, 0.15) is 36.5 Å². The van der Waals surface area contributed by atoms with E-state index < -0.39 is 0 Å². The van der Waals surface area contributed by atoms with Gasteiger partial charge < -0.3 is 15.5 Å². The second kappa shape index (κ2) is 7.29. The molecule has 0 aromatic heterocycles. The number of piperidine rings is 1. The lowest BCUT2D eigenvalue weighted by molar-refractivity contribution is 0.0917. The van der Waals surface area contributed by atoms with Crippen LogP contribution in [0.2, 0.25) is 0 Å². The molecule has 20 heavy (non-hydrogen) atoms. The van der Waals surface area contributed by atoms with Crippen molar-refractivity contribution >= 4 is 11.6 Å². The van der Waals surface area contributed by atoms with Crippen molar-refractivity contribution in [2.45, 2.75) is 32.2 Å². The number of para-hydroxylation sites is 1. The first-order valence-corrected chi connectivity index (χ1v) is 7.53. The van der Waals surface area contributed by atoms with E-state index in [1.54, 1.807) is 0 Å². The number of hydrogen-bond acceptors (Lipinski definition) is 3. The van der Waals surface area contributed by atoms with Crippen molar-refractivity contribution < 1.29 is 4.79 Å². The van der Waals surface area contributed by atoms with Crippen molar-refractivity contribution in [2.24, 2.45) is 0 Å². The van der Waals surface area contributed by atoms with Crippen LogP contribution in [0.3, 0.4) is 0 Å². The summed E-state index contributed by atoms with van der Waals surface area (Å²) in [4.78, 5) is 14.7. The van der Waals surface area contributed by atoms with Gasteiger partial charge in [-0.15, -0.1) is 0 Å². The number of carbonyl (C=O) groups excluding carboxylic acids is 1. The molecule has 4 heteroatoms. The molecular formula is C16H25N3O. The van der Waals surface area contributed by atoms with E-state index in [9.17, 15) is 4.79 Å². The number of hydrogen-bond donors (Lipinski definition) is 2. The maximum absolute atomic E-state index is 12.4. The number of nitrogens with zero attached hydrogens (tertiary/aromatic N) is 1. The Balaban J connectivity index is 1.98. The lowest BCUT2D eigenvalue weighted by atomic mass is 10.0. The van der Waals surface area contributed by atoms with Gasteiger partial charge in [0.1, 0.15) is 0 Å². The van der Waals surface area contributed by atoms with Crippen LogP contribution >= 0.6 is 0 Å². The van der Waals surface area contributed by atoms with Crippen LogP contribution in [0, 0.1) is 0 Å². The van der Waals surface area contributed by atoms with Gasteiger partial charge in [-0.25, -0.2) is 0 Å². The van der Waals surface area contributed by atoms with Gasteiger partial charge >= 0.3 is 0 Å². The Labute approximate surface area is 121 Å². The minimum Gasteiger partial charge on any atom is -0.384 e. The Morgan fingerprint density at radius 2 is 2.00 bits per heavy atom. The standard InChI is InChI=1S/C16H25N3O/c1-3-10-17-15-7-5-4-6-14(15)16(20)18-13-8-11-19(2)12-9-13/h4-7,13,17H,3,8-12H2,1-2H3,(H,18,20). The second-order valence-electron chi connectivity index (χ2n) is 5.52. The molecule has 1 aromatic rings. The fourth-order valence-electron chi connectivity index (χ4n) is 2.51. The van der Waals surface area contributed by atoms with E-state index in [1.807, 2.05) is 24.3 Å². The van der Waals surface area contributed by atoms with Crippen LogP contribution in [0.15, 0.2) is 24.3 Å². The molecular weight excluding hydrogens is 250 g/mol. The third kappa shape index (κ3) is 3.97. The van der Waals surface area contributed by atoms with Crippen LogP contribution in [0.5, 0.6) is 0 Å². The van der Waals surface area contributed by atoms with Gasteiger partial charge in [-0.05, 0) is 51.5 Å². The first-order chi connectivity index (χ1) is 9.70. The molecule has 2 N–H and O–H groups in total. The number of nitrogens with one attached hydrogen (secondary N) is 2. The number of benzene rings is 1. The topological polar surface area (TPSA) is 44.4 Å². The molecule has 0 spiro atoms. The van der Waals surface area contributed by atoms with Crippen molar-refractivity contribution in [3.05, 3.63) is 29.8 Å². The SMILES string of the molecule is CCCNc1ccccc1C(=O)NC1CCN(C)CC1. The number of likely N-dealkylation sites (tertiary alicyclic amines) is 1. The molecule has 1 fully saturated rings. The monoisotopic (exact) mass is 275 g/mol. The second-order valence-corrected chi connectivity index (χ2v) is 5.52. The Morgan fingerprint density at radius 3 is 2.70 bits per heavy atom. The highest BCUT2D eigenvalue weighted by Gasteiger charge is 2.20. The van der Waals surface area contributed by atoms with Gasteiger partial charge in [-0.1, -0.05) is 19.1 Å². The van der Waals surface area contributed by atoms with Crippen molar-refractivity contribution in [3.63, 3.8) is 0 Å². The normalized spacial score (nSPS) is 16.9. The predicted octanol–water partition coefficient (Wildman–Crippen LogP) is 2.33. The molecule has 0 atom stereocenters. The van der Waals surface area contributed by atoms with Gasteiger partial charge in [0, 0.05) is 18.3 Å². The van der Waals surface area contributed by atoms with Gasteiger partial charge in [0.2, 0.25) is 0 Å². The minimum atomic E-state index is 0.0405. The minimum absolute atomic E-state index is 0.0405. The molecule has 1 aliphatic heterocycles. The molecule has 4 nitrogen and oxygen atoms in total. The maximum Gasteiger partial charge on any atom is 0.253 e. The van der Waals surface area contributed by atoms with Gasteiger partial charge in [0.05, 0.1) is 5.56 Å². The first kappa shape index (κ1) is 14.9. The zero-order valence-electron chi connectivity index (χ0n) is 12.5. The Morgan fingerprint density at radius 1 is 1.30 bits per heavy atom. The lowest BCUT2D eigenvalue weighted by Gasteiger charge is -2.29. The van der Waals surface area contributed by atoms with Gasteiger partial charge in [0.25, 0.3) is 5.91 Å². The van der Waals surface area contributed by atoms with E-state index in [-0.39, 0.29) is 5.91 Å². The zero-order chi connectivity index (χ0) is 14.4. The van der Waals surface area contributed by atoms with Crippen LogP contribution in [0.25, 0.3) is 0 Å². The lowest BCUT2D eigenvalue weighted by Crippen LogP contribution is -2.43. The molecule has 0 unspecified atom stereocenters. The van der Waals surface area contributed by atoms with Crippen molar-refractivity contribution in [3.8, 4) is 0 Å². The fraction of sp³-hybridized carbons (Fsp3) is 0.562. The summed E-state index contributed by atoms with van der Waals surface area (Å²) in [7, 11) is 2.13. The van der Waals surface area contributed by atoms with E-state index in [4.69, 9.17) is 0 Å². The molecule has 1 aromatic carbocycles. The number of amides is 1. The molecule has 0 saturated carbocycles. The zero-order valence-corrected chi connectivity index (χ0v) is 12.5. The van der Waals surface area contributed by atoms with Crippen molar-refractivity contribution in [1.29, 1.82) is 0 Å². The molecule has 0 radical (unpaired) electrons. The molecule has 1 saturated heterocycles. The molecule has 1 heterocycles. The summed E-state index contributed by atoms with van der Waals surface area (Å²) in [5, 5.41) is 6.49. The fourth-order valence-corrected chi connectivity index (χ4v) is 2.51. The quantitative estimate of drug-likeness (QED) is 0.867. The predicted molar refractivity (Wildman–Crippen MR) is 83.2 cm³/mol. The van der Waals surface area contributed by atoms with Crippen LogP contribution in [-0.4, -0.2) is 43.5 Å². The van der Waals surface area contributed by atoms with E-state index in [2.05, 4.69) is 29.5 Å². The summed E-state index contributed by atoms with van der Waals surface area (Å²) in [6.45, 7) is 5.12. The molecule has 110 valence electrons. The molecule has 2 rings (SSSR count). The van der Waals surface area contributed by atoms with Crippen LogP contribution in [-0.2, 0) is 0 Å². The summed E-state index contributed by atoms with van der Waals surface area (Å²) < 4.78 is 0. The summed E-state index contributed by atoms with van der Waals surface area (Å²) in [6, 6.07) is 8.05. The van der Waals surface area contributed by atoms with Crippen LogP contribution in [0.4, 0.5) is 5.69 Å². The van der Waals surface area contributed by atoms with E-state index in [1.165, 1.54) is 0 Å². The average molecular weight is 275 g/mol. The number of anilines is 1. The smallest absolute Gasteiger partial charge is 0.253 e. The van der Waals surface area contributed by atoms with Crippen LogP contribution < -0.4 is 10.6 Å². The third-order valence-electron chi connectivity index (χ3n) is 3.79. The maximum atomic E-state index is 12.4. The molecule has 1 amide bonds. The largest absolute Gasteiger partial charge is 0.384 e. The van der Waals surface area contributed by atoms with Gasteiger partial charge in [0.15, 0.2) is 0 Å². The highest BCUT2D eigenvalue weighted by Crippen LogP contribution is 2.16. The van der Waals surface area contributed by atoms with Crippen molar-refractivity contribution in [1.82, 2.24) is 10.2 Å². The first-order valence-electron chi connectivity index (χ1n) is 7.53. The number of carbonyl (C=O) groups is 1. The Hall–Kier alpha value is -1.55.